The van der Waals surface area contributed by atoms with Crippen LogP contribution in [0.2, 0.25) is 0 Å². The third kappa shape index (κ3) is 3.19. The molecule has 0 aliphatic heterocycles. The Labute approximate surface area is 211 Å². The lowest BCUT2D eigenvalue weighted by Gasteiger charge is -2.09. The van der Waals surface area contributed by atoms with Gasteiger partial charge >= 0.3 is 7.69 Å². The van der Waals surface area contributed by atoms with Crippen molar-refractivity contribution in [3.63, 3.8) is 0 Å². The van der Waals surface area contributed by atoms with E-state index in [0.29, 0.717) is 39.8 Å². The Morgan fingerprint density at radius 3 is 2.11 bits per heavy atom. The Balaban J connectivity index is 1.62. The molecule has 0 radical (unpaired) electrons. The number of methoxy groups -OCH3 is 1. The number of nitrogens with zero attached hydrogens (tertiary/aromatic N) is 3. The van der Waals surface area contributed by atoms with Crippen LogP contribution in [0, 0.1) is 0 Å². The van der Waals surface area contributed by atoms with E-state index in [1.165, 1.54) is 0 Å². The van der Waals surface area contributed by atoms with Gasteiger partial charge in [-0.3, -0.25) is 4.57 Å². The highest BCUT2D eigenvalue weighted by Crippen LogP contribution is 2.43. The first-order valence-electron chi connectivity index (χ1n) is 11.9. The average molecular weight is 485 g/mol. The van der Waals surface area contributed by atoms with E-state index < -0.39 is 7.69 Å². The quantitative estimate of drug-likeness (QED) is 0.311. The highest BCUT2D eigenvalue weighted by atomic mass is 16.5. The Morgan fingerprint density at radius 2 is 1.43 bits per heavy atom. The van der Waals surface area contributed by atoms with Crippen molar-refractivity contribution in [1.82, 2.24) is 14.5 Å². The Bertz CT molecular complexity index is 1890. The van der Waals surface area contributed by atoms with E-state index in [-0.39, 0.29) is 0 Å². The number of ether oxygens (including phenoxy) is 1. The molecular formula is C29H20BN3O4. The van der Waals surface area contributed by atoms with Crippen molar-refractivity contribution in [1.29, 1.82) is 0 Å². The summed E-state index contributed by atoms with van der Waals surface area (Å²) < 4.78 is 19.4. The average Bonchev–Trinajstić information content (AvgIpc) is 3.49. The summed E-state index contributed by atoms with van der Waals surface area (Å²) in [6, 6.07) is 30.1. The molecule has 0 fully saturated rings. The standard InChI is InChI=1S/C29H20BN3O4/c1-35-27-23(37-30-34)16-15-20-25-28(36-26(20)27)24(17-9-3-2-4-10-17)31-29(32-25)33-21-13-7-5-11-18(21)19-12-6-8-14-22(19)33/h2-16,30,34H,1H3. The molecule has 3 heterocycles. The van der Waals surface area contributed by atoms with Gasteiger partial charge in [0.1, 0.15) is 17.0 Å². The third-order valence-electron chi connectivity index (χ3n) is 6.64. The molecule has 0 saturated heterocycles. The van der Waals surface area contributed by atoms with Crippen molar-refractivity contribution in [3.05, 3.63) is 91.0 Å². The monoisotopic (exact) mass is 485 g/mol. The molecule has 3 aromatic heterocycles. The summed E-state index contributed by atoms with van der Waals surface area (Å²) in [5.74, 6) is 1.32. The molecular weight excluding hydrogens is 465 g/mol. The highest BCUT2D eigenvalue weighted by Gasteiger charge is 2.23. The largest absolute Gasteiger partial charge is 0.536 e. The van der Waals surface area contributed by atoms with Crippen LogP contribution >= 0.6 is 0 Å². The maximum atomic E-state index is 9.33. The van der Waals surface area contributed by atoms with Crippen molar-refractivity contribution in [2.24, 2.45) is 0 Å². The molecule has 4 aromatic carbocycles. The smallest absolute Gasteiger partial charge is 0.504 e. The second-order valence-electron chi connectivity index (χ2n) is 8.63. The van der Waals surface area contributed by atoms with E-state index >= 15 is 0 Å². The van der Waals surface area contributed by atoms with Crippen molar-refractivity contribution in [2.45, 2.75) is 0 Å². The lowest BCUT2D eigenvalue weighted by atomic mass is 10.1. The van der Waals surface area contributed by atoms with Gasteiger partial charge in [-0.05, 0) is 24.3 Å². The molecule has 7 aromatic rings. The van der Waals surface area contributed by atoms with Crippen LogP contribution in [0.15, 0.2) is 95.4 Å². The molecule has 8 heteroatoms. The summed E-state index contributed by atoms with van der Waals surface area (Å²) >= 11 is 0. The van der Waals surface area contributed by atoms with Gasteiger partial charge in [-0.25, -0.2) is 9.97 Å². The van der Waals surface area contributed by atoms with Crippen LogP contribution in [0.25, 0.3) is 61.1 Å². The minimum atomic E-state index is -0.477. The summed E-state index contributed by atoms with van der Waals surface area (Å²) in [7, 11) is 1.06. The number of fused-ring (bicyclic) bond motifs is 6. The Morgan fingerprint density at radius 1 is 0.757 bits per heavy atom. The fourth-order valence-corrected chi connectivity index (χ4v) is 5.06. The zero-order chi connectivity index (χ0) is 24.9. The number of hydrogen-bond donors (Lipinski definition) is 1. The summed E-state index contributed by atoms with van der Waals surface area (Å²) in [4.78, 5) is 10.1. The summed E-state index contributed by atoms with van der Waals surface area (Å²) in [6.45, 7) is 0. The normalized spacial score (nSPS) is 11.5. The number of furan rings is 1. The lowest BCUT2D eigenvalue weighted by Crippen LogP contribution is -2.02. The first-order valence-corrected chi connectivity index (χ1v) is 11.9. The molecule has 0 amide bonds. The van der Waals surface area contributed by atoms with Gasteiger partial charge in [0.25, 0.3) is 0 Å². The third-order valence-corrected chi connectivity index (χ3v) is 6.64. The highest BCUT2D eigenvalue weighted by molar-refractivity contribution is 6.18. The maximum absolute atomic E-state index is 9.33. The fourth-order valence-electron chi connectivity index (χ4n) is 5.06. The molecule has 0 spiro atoms. The summed E-state index contributed by atoms with van der Waals surface area (Å²) in [6.07, 6.45) is 0. The van der Waals surface area contributed by atoms with Crippen LogP contribution in [-0.2, 0) is 0 Å². The van der Waals surface area contributed by atoms with Gasteiger partial charge in [0.05, 0.1) is 23.5 Å². The topological polar surface area (TPSA) is 82.5 Å². The van der Waals surface area contributed by atoms with Crippen molar-refractivity contribution in [3.8, 4) is 28.7 Å². The zero-order valence-electron chi connectivity index (χ0n) is 19.9. The van der Waals surface area contributed by atoms with E-state index in [9.17, 15) is 5.02 Å². The van der Waals surface area contributed by atoms with Crippen LogP contribution in [0.3, 0.4) is 0 Å². The molecule has 0 aliphatic carbocycles. The van der Waals surface area contributed by atoms with E-state index in [1.54, 1.807) is 13.2 Å². The van der Waals surface area contributed by atoms with Gasteiger partial charge in [0, 0.05) is 16.3 Å². The van der Waals surface area contributed by atoms with Crippen LogP contribution in [0.4, 0.5) is 0 Å². The van der Waals surface area contributed by atoms with E-state index in [1.807, 2.05) is 60.7 Å². The van der Waals surface area contributed by atoms with E-state index in [4.69, 9.17) is 23.8 Å². The van der Waals surface area contributed by atoms with Crippen LogP contribution in [0.5, 0.6) is 11.5 Å². The van der Waals surface area contributed by atoms with E-state index in [0.717, 1.165) is 32.8 Å². The van der Waals surface area contributed by atoms with Crippen LogP contribution in [-0.4, -0.2) is 34.4 Å². The predicted octanol–water partition coefficient (Wildman–Crippen LogP) is 5.79. The van der Waals surface area contributed by atoms with Gasteiger partial charge in [-0.1, -0.05) is 66.7 Å². The second kappa shape index (κ2) is 8.39. The predicted molar refractivity (Wildman–Crippen MR) is 146 cm³/mol. The van der Waals surface area contributed by atoms with Crippen molar-refractivity contribution in [2.75, 3.05) is 7.11 Å². The molecule has 0 saturated carbocycles. The fraction of sp³-hybridized carbons (Fsp3) is 0.0345. The first kappa shape index (κ1) is 21.5. The minimum absolute atomic E-state index is 0.383. The number of rotatable bonds is 5. The number of hydrogen-bond acceptors (Lipinski definition) is 6. The maximum Gasteiger partial charge on any atom is 0.504 e. The SMILES string of the molecule is COc1c(OBO)ccc2c1oc1c(-c3ccccc3)nc(-n3c4ccccc4c4ccccc43)nc12. The first-order chi connectivity index (χ1) is 18.3. The Kier molecular flexibility index (Phi) is 4.87. The van der Waals surface area contributed by atoms with Gasteiger partial charge in [-0.15, -0.1) is 0 Å². The summed E-state index contributed by atoms with van der Waals surface area (Å²) in [5, 5.41) is 12.4. The molecule has 7 nitrogen and oxygen atoms in total. The molecule has 1 N–H and O–H groups in total. The van der Waals surface area contributed by atoms with Crippen molar-refractivity contribution < 1.29 is 18.8 Å². The number of benzene rings is 4. The van der Waals surface area contributed by atoms with E-state index in [2.05, 4.69) is 28.8 Å². The molecule has 0 bridgehead atoms. The number of para-hydroxylation sites is 2. The minimum Gasteiger partial charge on any atom is -0.536 e. The van der Waals surface area contributed by atoms with Crippen LogP contribution in [0.1, 0.15) is 0 Å². The molecule has 37 heavy (non-hydrogen) atoms. The van der Waals surface area contributed by atoms with Crippen molar-refractivity contribution >= 4 is 51.6 Å². The van der Waals surface area contributed by atoms with Crippen LogP contribution < -0.4 is 9.39 Å². The van der Waals surface area contributed by atoms with Gasteiger partial charge in [0.2, 0.25) is 11.7 Å². The molecule has 0 atom stereocenters. The molecule has 0 aliphatic rings. The lowest BCUT2D eigenvalue weighted by molar-refractivity contribution is 0.380. The second-order valence-corrected chi connectivity index (χ2v) is 8.63. The summed E-state index contributed by atoms with van der Waals surface area (Å²) in [5.41, 5.74) is 5.30. The molecule has 178 valence electrons. The molecule has 0 unspecified atom stereocenters. The Hall–Kier alpha value is -4.82. The zero-order valence-corrected chi connectivity index (χ0v) is 19.9. The van der Waals surface area contributed by atoms with Gasteiger partial charge in [-0.2, -0.15) is 0 Å². The number of aromatic nitrogens is 3. The van der Waals surface area contributed by atoms with Gasteiger partial charge < -0.3 is 18.8 Å². The van der Waals surface area contributed by atoms with Gasteiger partial charge in [0.15, 0.2) is 11.2 Å². The molecule has 7 rings (SSSR count).